The fraction of sp³-hybridized carbons (Fsp3) is 0.250. The van der Waals surface area contributed by atoms with Crippen molar-refractivity contribution in [2.45, 2.75) is 11.6 Å². The molecule has 2 aromatic heterocycles. The first-order chi connectivity index (χ1) is 8.40. The van der Waals surface area contributed by atoms with Gasteiger partial charge in [0.2, 0.25) is 5.03 Å². The quantitative estimate of drug-likeness (QED) is 0.826. The molecule has 0 unspecified atom stereocenters. The molecule has 2 rings (SSSR count). The molecule has 0 aliphatic carbocycles. The third-order valence-electron chi connectivity index (χ3n) is 2.06. The van der Waals surface area contributed by atoms with Crippen molar-refractivity contribution in [2.75, 3.05) is 0 Å². The summed E-state index contributed by atoms with van der Waals surface area (Å²) in [5, 5.41) is 7.30. The Bertz CT molecular complexity index is 645. The second kappa shape index (κ2) is 5.37. The predicted molar refractivity (Wildman–Crippen MR) is 74.7 cm³/mol. The average Bonchev–Trinajstić information content (AvgIpc) is 2.83. The summed E-state index contributed by atoms with van der Waals surface area (Å²) < 4.78 is 29.0. The van der Waals surface area contributed by atoms with Crippen LogP contribution in [0.15, 0.2) is 25.5 Å². The molecule has 0 radical (unpaired) electrons. The highest BCUT2D eigenvalue weighted by Gasteiger charge is 2.23. The summed E-state index contributed by atoms with van der Waals surface area (Å²) in [7, 11) is -2.11. The number of sulfonamides is 1. The topological polar surface area (TPSA) is 76.9 Å². The number of nitrogens with one attached hydrogen (secondary N) is 1. The van der Waals surface area contributed by atoms with Crippen LogP contribution < -0.4 is 4.72 Å². The van der Waals surface area contributed by atoms with Gasteiger partial charge in [-0.15, -0.1) is 16.4 Å². The molecule has 0 fully saturated rings. The van der Waals surface area contributed by atoms with E-state index in [1.807, 2.05) is 12.1 Å². The van der Waals surface area contributed by atoms with Crippen molar-refractivity contribution in [1.82, 2.24) is 19.7 Å². The van der Waals surface area contributed by atoms with Crippen molar-refractivity contribution in [2.24, 2.45) is 7.05 Å². The van der Waals surface area contributed by atoms with Crippen LogP contribution in [0.2, 0.25) is 0 Å². The molecular weight excluding hydrogens is 408 g/mol. The largest absolute Gasteiger partial charge is 0.260 e. The highest BCUT2D eigenvalue weighted by atomic mass is 79.9. The number of aromatic nitrogens is 3. The minimum absolute atomic E-state index is 0.0121. The highest BCUT2D eigenvalue weighted by molar-refractivity contribution is 9.11. The lowest BCUT2D eigenvalue weighted by atomic mass is 10.5. The minimum atomic E-state index is -3.63. The number of halogens is 2. The average molecular weight is 416 g/mol. The van der Waals surface area contributed by atoms with Crippen LogP contribution in [0.5, 0.6) is 0 Å². The second-order valence-corrected chi connectivity index (χ2v) is 8.32. The molecule has 0 aliphatic heterocycles. The Balaban J connectivity index is 2.18. The van der Waals surface area contributed by atoms with Crippen LogP contribution in [-0.4, -0.2) is 23.4 Å². The van der Waals surface area contributed by atoms with Crippen molar-refractivity contribution in [1.29, 1.82) is 0 Å². The van der Waals surface area contributed by atoms with E-state index in [-0.39, 0.29) is 16.2 Å². The molecule has 0 spiro atoms. The summed E-state index contributed by atoms with van der Waals surface area (Å²) in [5.74, 6) is 0. The summed E-state index contributed by atoms with van der Waals surface area (Å²) in [5.41, 5.74) is 0. The fourth-order valence-electron chi connectivity index (χ4n) is 1.29. The standard InChI is InChI=1S/C8H8Br2N4O2S2/c1-14-8(7(10)12-13-14)18(15,16)11-4-5-2-3-6(9)17-5/h2-3,11H,4H2,1H3. The van der Waals surface area contributed by atoms with Crippen LogP contribution in [0.25, 0.3) is 0 Å². The second-order valence-electron chi connectivity index (χ2n) is 3.34. The van der Waals surface area contributed by atoms with Gasteiger partial charge in [0, 0.05) is 18.5 Å². The Morgan fingerprint density at radius 2 is 2.17 bits per heavy atom. The third kappa shape index (κ3) is 2.99. The maximum absolute atomic E-state index is 12.1. The number of thiophene rings is 1. The van der Waals surface area contributed by atoms with Gasteiger partial charge in [-0.1, -0.05) is 5.21 Å². The van der Waals surface area contributed by atoms with Crippen molar-refractivity contribution in [3.8, 4) is 0 Å². The van der Waals surface area contributed by atoms with Gasteiger partial charge in [0.05, 0.1) is 3.79 Å². The summed E-state index contributed by atoms with van der Waals surface area (Å²) in [4.78, 5) is 0.914. The maximum atomic E-state index is 12.1. The van der Waals surface area contributed by atoms with Gasteiger partial charge in [-0.05, 0) is 44.0 Å². The van der Waals surface area contributed by atoms with Gasteiger partial charge in [-0.25, -0.2) is 17.8 Å². The SMILES string of the molecule is Cn1nnc(Br)c1S(=O)(=O)NCc1ccc(Br)s1. The first kappa shape index (κ1) is 14.1. The number of rotatable bonds is 4. The van der Waals surface area contributed by atoms with Crippen LogP contribution in [0.4, 0.5) is 0 Å². The zero-order chi connectivity index (χ0) is 13.3. The number of hydrogen-bond donors (Lipinski definition) is 1. The Morgan fingerprint density at radius 1 is 1.44 bits per heavy atom. The molecule has 10 heteroatoms. The molecule has 0 saturated heterocycles. The molecule has 0 atom stereocenters. The first-order valence-corrected chi connectivity index (χ1v) is 8.58. The Morgan fingerprint density at radius 3 is 2.67 bits per heavy atom. The van der Waals surface area contributed by atoms with Gasteiger partial charge < -0.3 is 0 Å². The van der Waals surface area contributed by atoms with E-state index in [1.165, 1.54) is 23.1 Å². The van der Waals surface area contributed by atoms with Gasteiger partial charge in [-0.3, -0.25) is 0 Å². The lowest BCUT2D eigenvalue weighted by Crippen LogP contribution is -2.25. The molecular formula is C8H8Br2N4O2S2. The monoisotopic (exact) mass is 414 g/mol. The zero-order valence-corrected chi connectivity index (χ0v) is 13.9. The lowest BCUT2D eigenvalue weighted by Gasteiger charge is -2.05. The molecule has 2 aromatic rings. The van der Waals surface area contributed by atoms with Gasteiger partial charge in [0.15, 0.2) is 4.60 Å². The highest BCUT2D eigenvalue weighted by Crippen LogP contribution is 2.23. The molecule has 6 nitrogen and oxygen atoms in total. The predicted octanol–water partition coefficient (Wildman–Crippen LogP) is 1.88. The van der Waals surface area contributed by atoms with E-state index in [1.54, 1.807) is 0 Å². The van der Waals surface area contributed by atoms with Crippen LogP contribution in [0.3, 0.4) is 0 Å². The van der Waals surface area contributed by atoms with Crippen molar-refractivity contribution < 1.29 is 8.42 Å². The van der Waals surface area contributed by atoms with Crippen LogP contribution in [0.1, 0.15) is 4.88 Å². The van der Waals surface area contributed by atoms with E-state index < -0.39 is 10.0 Å². The Kier molecular flexibility index (Phi) is 4.22. The van der Waals surface area contributed by atoms with Gasteiger partial charge in [-0.2, -0.15) is 0 Å². The molecule has 18 heavy (non-hydrogen) atoms. The van der Waals surface area contributed by atoms with Crippen molar-refractivity contribution in [3.05, 3.63) is 25.4 Å². The molecule has 0 aromatic carbocycles. The maximum Gasteiger partial charge on any atom is 0.260 e. The molecule has 0 amide bonds. The fourth-order valence-corrected chi connectivity index (χ4v) is 4.90. The molecule has 98 valence electrons. The van der Waals surface area contributed by atoms with E-state index >= 15 is 0 Å². The summed E-state index contributed by atoms with van der Waals surface area (Å²) in [6.45, 7) is 0.232. The van der Waals surface area contributed by atoms with Crippen LogP contribution >= 0.6 is 43.2 Å². The number of aryl methyl sites for hydroxylation is 1. The van der Waals surface area contributed by atoms with Crippen LogP contribution in [0, 0.1) is 0 Å². The molecule has 0 saturated carbocycles. The number of nitrogens with zero attached hydrogens (tertiary/aromatic N) is 3. The lowest BCUT2D eigenvalue weighted by molar-refractivity contribution is 0.560. The normalized spacial score (nSPS) is 11.9. The summed E-state index contributed by atoms with van der Waals surface area (Å²) in [6.07, 6.45) is 0. The van der Waals surface area contributed by atoms with E-state index in [9.17, 15) is 8.42 Å². The van der Waals surface area contributed by atoms with E-state index in [4.69, 9.17) is 0 Å². The minimum Gasteiger partial charge on any atom is -0.235 e. The Hall–Kier alpha value is -0.290. The molecule has 0 aliphatic rings. The summed E-state index contributed by atoms with van der Waals surface area (Å²) in [6, 6.07) is 3.73. The van der Waals surface area contributed by atoms with Gasteiger partial charge in [0.25, 0.3) is 10.0 Å². The number of hydrogen-bond acceptors (Lipinski definition) is 5. The van der Waals surface area contributed by atoms with Gasteiger partial charge in [0.1, 0.15) is 0 Å². The molecule has 0 bridgehead atoms. The van der Waals surface area contributed by atoms with E-state index in [0.29, 0.717) is 0 Å². The van der Waals surface area contributed by atoms with Crippen LogP contribution in [-0.2, 0) is 23.6 Å². The molecule has 1 N–H and O–H groups in total. The smallest absolute Gasteiger partial charge is 0.235 e. The third-order valence-corrected chi connectivity index (χ3v) is 5.97. The Labute approximate surface area is 125 Å². The summed E-state index contributed by atoms with van der Waals surface area (Å²) >= 11 is 7.86. The zero-order valence-electron chi connectivity index (χ0n) is 9.09. The van der Waals surface area contributed by atoms with E-state index in [0.717, 1.165) is 8.66 Å². The first-order valence-electron chi connectivity index (χ1n) is 4.69. The molecule has 2 heterocycles. The van der Waals surface area contributed by atoms with Gasteiger partial charge >= 0.3 is 0 Å². The van der Waals surface area contributed by atoms with Crippen molar-refractivity contribution >= 4 is 53.2 Å². The van der Waals surface area contributed by atoms with Crippen molar-refractivity contribution in [3.63, 3.8) is 0 Å². The van der Waals surface area contributed by atoms with E-state index in [2.05, 4.69) is 46.9 Å².